The average Bonchev–Trinajstić information content (AvgIpc) is 2.83. The predicted octanol–water partition coefficient (Wildman–Crippen LogP) is 3.64. The number of fused-ring (bicyclic) bond motifs is 1. The number of nitrogens with zero attached hydrogens (tertiary/aromatic N) is 1. The molecule has 0 spiro atoms. The number of aromatic amines is 1. The van der Waals surface area contributed by atoms with Gasteiger partial charge in [-0.25, -0.2) is 4.98 Å². The fourth-order valence-corrected chi connectivity index (χ4v) is 3.27. The smallest absolute Gasteiger partial charge is 0.339 e. The van der Waals surface area contributed by atoms with Gasteiger partial charge in [-0.05, 0) is 24.3 Å². The van der Waals surface area contributed by atoms with Gasteiger partial charge in [0.05, 0.1) is 17.4 Å². The van der Waals surface area contributed by atoms with Crippen LogP contribution in [0, 0.1) is 0 Å². The summed E-state index contributed by atoms with van der Waals surface area (Å²) in [5.74, 6) is 0.0530. The van der Waals surface area contributed by atoms with E-state index in [-0.39, 0.29) is 20.7 Å². The molecule has 0 aliphatic heterocycles. The van der Waals surface area contributed by atoms with Gasteiger partial charge in [-0.3, -0.25) is 0 Å². The van der Waals surface area contributed by atoms with Gasteiger partial charge in [0.2, 0.25) is 0 Å². The van der Waals surface area contributed by atoms with Crippen LogP contribution in [0.1, 0.15) is 0 Å². The molecule has 5 nitrogen and oxygen atoms in total. The van der Waals surface area contributed by atoms with Crippen molar-refractivity contribution in [1.29, 1.82) is 0 Å². The van der Waals surface area contributed by atoms with Crippen molar-refractivity contribution in [2.45, 2.75) is 4.90 Å². The predicted molar refractivity (Wildman–Crippen MR) is 80.4 cm³/mol. The van der Waals surface area contributed by atoms with Crippen LogP contribution in [-0.4, -0.2) is 18.4 Å². The van der Waals surface area contributed by atoms with E-state index in [1.807, 2.05) is 0 Å². The second-order valence-corrected chi connectivity index (χ2v) is 6.64. The molecule has 0 amide bonds. The summed E-state index contributed by atoms with van der Waals surface area (Å²) in [4.78, 5) is 6.87. The van der Waals surface area contributed by atoms with E-state index in [0.29, 0.717) is 11.0 Å². The maximum Gasteiger partial charge on any atom is 0.339 e. The molecular weight excluding hydrogens is 335 g/mol. The van der Waals surface area contributed by atoms with Gasteiger partial charge in [-0.1, -0.05) is 23.2 Å². The summed E-state index contributed by atoms with van der Waals surface area (Å²) in [6.07, 6.45) is 1.48. The zero-order valence-electron chi connectivity index (χ0n) is 10.4. The van der Waals surface area contributed by atoms with Gasteiger partial charge < -0.3 is 9.17 Å². The normalized spacial score (nSPS) is 11.7. The number of hydrogen-bond donors (Lipinski definition) is 1. The van der Waals surface area contributed by atoms with Gasteiger partial charge in [0.15, 0.2) is 0 Å². The molecule has 1 heterocycles. The van der Waals surface area contributed by atoms with Crippen molar-refractivity contribution in [3.05, 3.63) is 52.8 Å². The molecule has 0 saturated carbocycles. The number of halogens is 2. The van der Waals surface area contributed by atoms with Gasteiger partial charge in [0, 0.05) is 22.2 Å². The maximum atomic E-state index is 12.2. The molecule has 0 radical (unpaired) electrons. The lowest BCUT2D eigenvalue weighted by Crippen LogP contribution is -2.09. The van der Waals surface area contributed by atoms with Crippen molar-refractivity contribution in [1.82, 2.24) is 9.97 Å². The molecule has 21 heavy (non-hydrogen) atoms. The number of H-pyrrole nitrogens is 1. The highest BCUT2D eigenvalue weighted by molar-refractivity contribution is 7.87. The number of nitrogens with one attached hydrogen (secondary N) is 1. The highest BCUT2D eigenvalue weighted by Crippen LogP contribution is 2.27. The number of benzene rings is 2. The SMILES string of the molecule is O=S(=O)(Oc1cc(Cl)cc(Cl)c1)c1ccc2nc[nH]c2c1. The summed E-state index contributed by atoms with van der Waals surface area (Å²) in [6.45, 7) is 0. The molecule has 0 bridgehead atoms. The Labute approximate surface area is 130 Å². The molecule has 0 fully saturated rings. The molecule has 0 atom stereocenters. The number of aromatic nitrogens is 2. The molecule has 1 aromatic heterocycles. The Hall–Kier alpha value is -1.76. The highest BCUT2D eigenvalue weighted by atomic mass is 35.5. The Morgan fingerprint density at radius 2 is 1.76 bits per heavy atom. The standard InChI is InChI=1S/C13H8Cl2N2O3S/c14-8-3-9(15)5-10(4-8)20-21(18,19)11-1-2-12-13(6-11)17-7-16-12/h1-7H,(H,16,17). The minimum absolute atomic E-state index is 0.00958. The minimum atomic E-state index is -3.98. The molecule has 3 rings (SSSR count). The van der Waals surface area contributed by atoms with Crippen LogP contribution in [0.4, 0.5) is 0 Å². The Balaban J connectivity index is 1.99. The van der Waals surface area contributed by atoms with Crippen molar-refractivity contribution < 1.29 is 12.6 Å². The van der Waals surface area contributed by atoms with E-state index in [1.165, 1.54) is 36.7 Å². The van der Waals surface area contributed by atoms with Crippen LogP contribution in [-0.2, 0) is 10.1 Å². The third-order valence-electron chi connectivity index (χ3n) is 2.72. The molecular formula is C13H8Cl2N2O3S. The van der Waals surface area contributed by atoms with Gasteiger partial charge in [0.1, 0.15) is 10.6 Å². The molecule has 0 aliphatic rings. The minimum Gasteiger partial charge on any atom is -0.379 e. The summed E-state index contributed by atoms with van der Waals surface area (Å²) in [5.41, 5.74) is 1.27. The largest absolute Gasteiger partial charge is 0.379 e. The average molecular weight is 343 g/mol. The molecule has 108 valence electrons. The fraction of sp³-hybridized carbons (Fsp3) is 0. The van der Waals surface area contributed by atoms with E-state index in [1.54, 1.807) is 6.07 Å². The third kappa shape index (κ3) is 2.97. The first-order valence-corrected chi connectivity index (χ1v) is 7.94. The molecule has 8 heteroatoms. The van der Waals surface area contributed by atoms with Crippen LogP contribution in [0.15, 0.2) is 47.6 Å². The van der Waals surface area contributed by atoms with Crippen LogP contribution >= 0.6 is 23.2 Å². The third-order valence-corrected chi connectivity index (χ3v) is 4.40. The van der Waals surface area contributed by atoms with Crippen molar-refractivity contribution >= 4 is 44.4 Å². The first kappa shape index (κ1) is 14.2. The zero-order chi connectivity index (χ0) is 15.0. The van der Waals surface area contributed by atoms with Gasteiger partial charge >= 0.3 is 10.1 Å². The maximum absolute atomic E-state index is 12.2. The van der Waals surface area contributed by atoms with Crippen molar-refractivity contribution in [3.63, 3.8) is 0 Å². The second-order valence-electron chi connectivity index (χ2n) is 4.22. The van der Waals surface area contributed by atoms with Crippen molar-refractivity contribution in [2.75, 3.05) is 0 Å². The molecule has 0 aliphatic carbocycles. The monoisotopic (exact) mass is 342 g/mol. The van der Waals surface area contributed by atoms with E-state index >= 15 is 0 Å². The number of rotatable bonds is 3. The van der Waals surface area contributed by atoms with Gasteiger partial charge in [-0.2, -0.15) is 8.42 Å². The summed E-state index contributed by atoms with van der Waals surface area (Å²) in [7, 11) is -3.98. The van der Waals surface area contributed by atoms with E-state index in [4.69, 9.17) is 27.4 Å². The molecule has 3 aromatic rings. The van der Waals surface area contributed by atoms with Crippen molar-refractivity contribution in [3.8, 4) is 5.75 Å². The summed E-state index contributed by atoms with van der Waals surface area (Å²) < 4.78 is 29.5. The van der Waals surface area contributed by atoms with E-state index in [2.05, 4.69) is 9.97 Å². The van der Waals surface area contributed by atoms with Crippen LogP contribution in [0.25, 0.3) is 11.0 Å². The van der Waals surface area contributed by atoms with Crippen LogP contribution in [0.3, 0.4) is 0 Å². The van der Waals surface area contributed by atoms with E-state index in [0.717, 1.165) is 0 Å². The Morgan fingerprint density at radius 1 is 1.05 bits per heavy atom. The second kappa shape index (κ2) is 5.22. The van der Waals surface area contributed by atoms with Crippen molar-refractivity contribution in [2.24, 2.45) is 0 Å². The van der Waals surface area contributed by atoms with Crippen LogP contribution < -0.4 is 4.18 Å². The molecule has 1 N–H and O–H groups in total. The molecule has 0 unspecified atom stereocenters. The summed E-state index contributed by atoms with van der Waals surface area (Å²) >= 11 is 11.6. The first-order chi connectivity index (χ1) is 9.94. The molecule has 2 aromatic carbocycles. The number of imidazole rings is 1. The summed E-state index contributed by atoms with van der Waals surface area (Å²) in [6, 6.07) is 8.69. The highest BCUT2D eigenvalue weighted by Gasteiger charge is 2.18. The van der Waals surface area contributed by atoms with E-state index < -0.39 is 10.1 Å². The Bertz CT molecular complexity index is 902. The number of hydrogen-bond acceptors (Lipinski definition) is 4. The zero-order valence-corrected chi connectivity index (χ0v) is 12.7. The lowest BCUT2D eigenvalue weighted by Gasteiger charge is -2.07. The lowest BCUT2D eigenvalue weighted by atomic mass is 10.3. The van der Waals surface area contributed by atoms with Gasteiger partial charge in [0.25, 0.3) is 0 Å². The lowest BCUT2D eigenvalue weighted by molar-refractivity contribution is 0.486. The summed E-state index contributed by atoms with van der Waals surface area (Å²) in [5, 5.41) is 0.577. The Kier molecular flexibility index (Phi) is 3.52. The van der Waals surface area contributed by atoms with Crippen LogP contribution in [0.2, 0.25) is 10.0 Å². The fourth-order valence-electron chi connectivity index (χ4n) is 1.82. The topological polar surface area (TPSA) is 72.1 Å². The Morgan fingerprint density at radius 3 is 2.48 bits per heavy atom. The molecule has 0 saturated heterocycles. The quantitative estimate of drug-likeness (QED) is 0.737. The van der Waals surface area contributed by atoms with E-state index in [9.17, 15) is 8.42 Å². The first-order valence-electron chi connectivity index (χ1n) is 5.78. The van der Waals surface area contributed by atoms with Gasteiger partial charge in [-0.15, -0.1) is 0 Å². The van der Waals surface area contributed by atoms with Crippen LogP contribution in [0.5, 0.6) is 5.75 Å².